The lowest BCUT2D eigenvalue weighted by Gasteiger charge is -2.19. The third kappa shape index (κ3) is 6.95. The number of carboxylic acid groups (broad SMARTS) is 2. The van der Waals surface area contributed by atoms with Crippen molar-refractivity contribution in [2.45, 2.75) is 71.5 Å². The standard InChI is InChI=1S/C33H34N4O4.C2HF3O2/c1-3-4-13-29-35-30-28(18-27(20(2)34-30)37-31(38)24-10-6-7-11-25(24)32(37)39)36(29)19-21-14-16-22(17-15-21)23-9-5-8-12-26(23)33(40)41;3-2(4,5)1(6)7/h5,8-9,12,14-18,24-25H,3-4,6-7,10-11,13,19H2,1-2H3,(H,40,41);(H,6,7)/t24-,25+;. The first kappa shape index (κ1) is 34.3. The van der Waals surface area contributed by atoms with Gasteiger partial charge in [-0.1, -0.05) is 68.7 Å². The van der Waals surface area contributed by atoms with Crippen molar-refractivity contribution >= 4 is 40.6 Å². The number of aliphatic carboxylic acids is 1. The molecule has 0 unspecified atom stereocenters. The topological polar surface area (TPSA) is 143 Å². The van der Waals surface area contributed by atoms with E-state index in [1.54, 1.807) is 12.1 Å². The summed E-state index contributed by atoms with van der Waals surface area (Å²) in [6.07, 6.45) is 1.22. The number of carboxylic acids is 2. The van der Waals surface area contributed by atoms with E-state index in [2.05, 4.69) is 11.5 Å². The van der Waals surface area contributed by atoms with E-state index in [1.165, 1.54) is 4.90 Å². The number of anilines is 1. The molecule has 4 aromatic rings. The number of pyridine rings is 1. The lowest BCUT2D eigenvalue weighted by molar-refractivity contribution is -0.192. The number of imide groups is 1. The average Bonchev–Trinajstić information content (AvgIpc) is 3.51. The minimum absolute atomic E-state index is 0.0987. The van der Waals surface area contributed by atoms with Crippen molar-refractivity contribution in [1.82, 2.24) is 14.5 Å². The molecule has 2 N–H and O–H groups in total. The Morgan fingerprint density at radius 1 is 0.938 bits per heavy atom. The number of benzene rings is 2. The van der Waals surface area contributed by atoms with Crippen LogP contribution in [0.15, 0.2) is 54.6 Å². The van der Waals surface area contributed by atoms with Crippen LogP contribution in [0.3, 0.4) is 0 Å². The average molecular weight is 665 g/mol. The number of aryl methyl sites for hydroxylation is 2. The molecule has 3 heterocycles. The Kier molecular flexibility index (Phi) is 9.97. The van der Waals surface area contributed by atoms with Crippen LogP contribution < -0.4 is 4.90 Å². The Morgan fingerprint density at radius 2 is 1.54 bits per heavy atom. The molecule has 0 bridgehead atoms. The summed E-state index contributed by atoms with van der Waals surface area (Å²) >= 11 is 0. The molecule has 1 aliphatic carbocycles. The number of alkyl halides is 3. The molecule has 2 amide bonds. The Bertz CT molecular complexity index is 1840. The van der Waals surface area contributed by atoms with E-state index in [4.69, 9.17) is 19.9 Å². The third-order valence-corrected chi connectivity index (χ3v) is 8.83. The van der Waals surface area contributed by atoms with Crippen LogP contribution in [0.4, 0.5) is 18.9 Å². The number of aromatic nitrogens is 3. The van der Waals surface area contributed by atoms with Crippen LogP contribution in [0.25, 0.3) is 22.3 Å². The number of nitrogens with zero attached hydrogens (tertiary/aromatic N) is 4. The number of halogens is 3. The zero-order chi connectivity index (χ0) is 34.7. The van der Waals surface area contributed by atoms with E-state index in [0.29, 0.717) is 29.1 Å². The van der Waals surface area contributed by atoms with Crippen molar-refractivity contribution in [3.8, 4) is 11.1 Å². The largest absolute Gasteiger partial charge is 0.490 e. The fourth-order valence-electron chi connectivity index (χ4n) is 6.40. The molecule has 48 heavy (non-hydrogen) atoms. The molecule has 1 saturated carbocycles. The minimum atomic E-state index is -5.08. The number of aromatic carboxylic acids is 1. The van der Waals surface area contributed by atoms with E-state index < -0.39 is 18.1 Å². The van der Waals surface area contributed by atoms with Crippen LogP contribution >= 0.6 is 0 Å². The maximum absolute atomic E-state index is 13.4. The Morgan fingerprint density at radius 3 is 2.10 bits per heavy atom. The summed E-state index contributed by atoms with van der Waals surface area (Å²) < 4.78 is 33.9. The molecular formula is C35H35F3N4O6. The Balaban J connectivity index is 0.000000582. The van der Waals surface area contributed by atoms with E-state index in [-0.39, 0.29) is 29.2 Å². The maximum atomic E-state index is 13.4. The lowest BCUT2D eigenvalue weighted by Crippen LogP contribution is -2.31. The molecule has 10 nitrogen and oxygen atoms in total. The second-order valence-corrected chi connectivity index (χ2v) is 12.0. The Hall–Kier alpha value is -5.07. The third-order valence-electron chi connectivity index (χ3n) is 8.83. The van der Waals surface area contributed by atoms with Gasteiger partial charge in [0.25, 0.3) is 0 Å². The van der Waals surface area contributed by atoms with Crippen molar-refractivity contribution in [2.75, 3.05) is 4.90 Å². The smallest absolute Gasteiger partial charge is 0.478 e. The van der Waals surface area contributed by atoms with Crippen molar-refractivity contribution in [3.63, 3.8) is 0 Å². The summed E-state index contributed by atoms with van der Waals surface area (Å²) in [6, 6.07) is 16.8. The molecule has 2 atom stereocenters. The number of fused-ring (bicyclic) bond motifs is 2. The molecule has 0 radical (unpaired) electrons. The van der Waals surface area contributed by atoms with Gasteiger partial charge in [-0.3, -0.25) is 9.59 Å². The summed E-state index contributed by atoms with van der Waals surface area (Å²) in [7, 11) is 0. The van der Waals surface area contributed by atoms with Gasteiger partial charge in [0.2, 0.25) is 11.8 Å². The number of carbonyl (C=O) groups is 4. The van der Waals surface area contributed by atoms with E-state index >= 15 is 0 Å². The highest BCUT2D eigenvalue weighted by Gasteiger charge is 2.49. The fourth-order valence-corrected chi connectivity index (χ4v) is 6.40. The second-order valence-electron chi connectivity index (χ2n) is 12.0. The zero-order valence-corrected chi connectivity index (χ0v) is 26.5. The monoisotopic (exact) mass is 664 g/mol. The summed E-state index contributed by atoms with van der Waals surface area (Å²) in [5.74, 6) is -3.44. The van der Waals surface area contributed by atoms with Gasteiger partial charge in [-0.2, -0.15) is 13.2 Å². The molecule has 6 rings (SSSR count). The van der Waals surface area contributed by atoms with Crippen molar-refractivity contribution in [1.29, 1.82) is 0 Å². The molecule has 0 spiro atoms. The van der Waals surface area contributed by atoms with Gasteiger partial charge < -0.3 is 14.8 Å². The summed E-state index contributed by atoms with van der Waals surface area (Å²) in [6.45, 7) is 4.52. The summed E-state index contributed by atoms with van der Waals surface area (Å²) in [5, 5.41) is 16.7. The minimum Gasteiger partial charge on any atom is -0.478 e. The molecule has 2 aromatic heterocycles. The van der Waals surface area contributed by atoms with Crippen LogP contribution in [0.5, 0.6) is 0 Å². The van der Waals surface area contributed by atoms with Gasteiger partial charge in [-0.15, -0.1) is 0 Å². The number of imidazole rings is 1. The molecular weight excluding hydrogens is 629 g/mol. The van der Waals surface area contributed by atoms with Gasteiger partial charge in [0, 0.05) is 13.0 Å². The van der Waals surface area contributed by atoms with Crippen LogP contribution in [0.2, 0.25) is 0 Å². The van der Waals surface area contributed by atoms with Gasteiger partial charge in [0.15, 0.2) is 5.65 Å². The maximum Gasteiger partial charge on any atom is 0.490 e. The summed E-state index contributed by atoms with van der Waals surface area (Å²) in [4.78, 5) is 58.5. The zero-order valence-electron chi connectivity index (χ0n) is 26.5. The van der Waals surface area contributed by atoms with Gasteiger partial charge >= 0.3 is 18.1 Å². The predicted octanol–water partition coefficient (Wildman–Crippen LogP) is 6.81. The molecule has 252 valence electrons. The van der Waals surface area contributed by atoms with Crippen LogP contribution in [0.1, 0.15) is 72.9 Å². The van der Waals surface area contributed by atoms with E-state index in [0.717, 1.165) is 67.4 Å². The number of hydrogen-bond acceptors (Lipinski definition) is 6. The molecule has 2 aromatic carbocycles. The molecule has 1 aliphatic heterocycles. The summed E-state index contributed by atoms with van der Waals surface area (Å²) in [5.41, 5.74) is 5.40. The molecule has 2 aliphatic rings. The van der Waals surface area contributed by atoms with E-state index in [1.807, 2.05) is 49.4 Å². The highest BCUT2D eigenvalue weighted by Crippen LogP contribution is 2.41. The molecule has 2 fully saturated rings. The predicted molar refractivity (Wildman–Crippen MR) is 170 cm³/mol. The number of carbonyl (C=O) groups excluding carboxylic acids is 2. The SMILES string of the molecule is CCCCc1nc2nc(C)c(N3C(=O)[C@H]4CCCC[C@H]4C3=O)cc2n1Cc1ccc(-c2ccccc2C(=O)O)cc1.O=C(O)C(F)(F)F. The lowest BCUT2D eigenvalue weighted by atomic mass is 9.81. The number of hydrogen-bond donors (Lipinski definition) is 2. The quantitative estimate of drug-likeness (QED) is 0.196. The van der Waals surface area contributed by atoms with Gasteiger partial charge in [0.05, 0.1) is 34.3 Å². The second kappa shape index (κ2) is 14.0. The highest BCUT2D eigenvalue weighted by molar-refractivity contribution is 6.22. The van der Waals surface area contributed by atoms with Crippen molar-refractivity contribution in [2.24, 2.45) is 11.8 Å². The number of rotatable bonds is 8. The Labute approximate surface area is 274 Å². The van der Waals surface area contributed by atoms with Crippen LogP contribution in [0, 0.1) is 18.8 Å². The van der Waals surface area contributed by atoms with Gasteiger partial charge in [0.1, 0.15) is 5.82 Å². The first-order chi connectivity index (χ1) is 22.8. The van der Waals surface area contributed by atoms with E-state index in [9.17, 15) is 32.7 Å². The van der Waals surface area contributed by atoms with Gasteiger partial charge in [-0.25, -0.2) is 24.5 Å². The number of amides is 2. The molecule has 13 heteroatoms. The van der Waals surface area contributed by atoms with Crippen molar-refractivity contribution in [3.05, 3.63) is 77.2 Å². The molecule has 1 saturated heterocycles. The van der Waals surface area contributed by atoms with Crippen LogP contribution in [-0.4, -0.2) is 54.7 Å². The van der Waals surface area contributed by atoms with Crippen molar-refractivity contribution < 1.29 is 42.6 Å². The van der Waals surface area contributed by atoms with Crippen LogP contribution in [-0.2, 0) is 27.3 Å². The first-order valence-electron chi connectivity index (χ1n) is 15.8. The number of unbranched alkanes of at least 4 members (excludes halogenated alkanes) is 1. The normalized spacial score (nSPS) is 17.6. The fraction of sp³-hybridized carbons (Fsp3) is 0.371. The first-order valence-corrected chi connectivity index (χ1v) is 15.8. The highest BCUT2D eigenvalue weighted by atomic mass is 19.4. The van der Waals surface area contributed by atoms with Gasteiger partial charge in [-0.05, 0) is 55.0 Å².